The summed E-state index contributed by atoms with van der Waals surface area (Å²) in [5, 5.41) is 6.76. The lowest BCUT2D eigenvalue weighted by atomic mass is 10.1. The average molecular weight is 325 g/mol. The summed E-state index contributed by atoms with van der Waals surface area (Å²) in [4.78, 5) is 12.5. The number of benzene rings is 1. The van der Waals surface area contributed by atoms with Gasteiger partial charge in [0.25, 0.3) is 5.91 Å². The standard InChI is InChI=1S/C18H19N3O3/c1-12(9-10-13-6-3-2-4-7-13)20-18(22)15-16(21-24-17(15)19)14-8-5-11-23-14/h2-8,11-12H,9-10,19H2,1H3,(H,20,22). The molecule has 0 aliphatic heterocycles. The van der Waals surface area contributed by atoms with Gasteiger partial charge in [-0.05, 0) is 37.5 Å². The van der Waals surface area contributed by atoms with E-state index in [1.165, 1.54) is 11.8 Å². The molecule has 124 valence electrons. The zero-order valence-corrected chi connectivity index (χ0v) is 13.4. The third kappa shape index (κ3) is 3.48. The number of furan rings is 1. The smallest absolute Gasteiger partial charge is 0.259 e. The predicted molar refractivity (Wildman–Crippen MR) is 90.3 cm³/mol. The Morgan fingerprint density at radius 2 is 2.04 bits per heavy atom. The summed E-state index contributed by atoms with van der Waals surface area (Å²) in [5.41, 5.74) is 7.51. The van der Waals surface area contributed by atoms with Crippen molar-refractivity contribution >= 4 is 11.8 Å². The van der Waals surface area contributed by atoms with Gasteiger partial charge >= 0.3 is 0 Å². The summed E-state index contributed by atoms with van der Waals surface area (Å²) in [5.74, 6) is 0.104. The minimum Gasteiger partial charge on any atom is -0.463 e. The minimum atomic E-state index is -0.319. The van der Waals surface area contributed by atoms with E-state index in [-0.39, 0.29) is 23.4 Å². The van der Waals surface area contributed by atoms with Gasteiger partial charge in [-0.1, -0.05) is 35.5 Å². The maximum absolute atomic E-state index is 12.5. The fourth-order valence-corrected chi connectivity index (χ4v) is 2.50. The zero-order chi connectivity index (χ0) is 16.9. The van der Waals surface area contributed by atoms with Crippen molar-refractivity contribution in [3.05, 3.63) is 59.9 Å². The lowest BCUT2D eigenvalue weighted by Gasteiger charge is -2.13. The molecule has 0 fully saturated rings. The molecule has 0 aliphatic carbocycles. The first-order valence-corrected chi connectivity index (χ1v) is 7.79. The van der Waals surface area contributed by atoms with E-state index in [2.05, 4.69) is 22.6 Å². The Labute approximate surface area is 139 Å². The van der Waals surface area contributed by atoms with Crippen LogP contribution >= 0.6 is 0 Å². The number of anilines is 1. The number of aromatic nitrogens is 1. The molecular formula is C18H19N3O3. The maximum atomic E-state index is 12.5. The van der Waals surface area contributed by atoms with Gasteiger partial charge in [0.15, 0.2) is 11.5 Å². The van der Waals surface area contributed by atoms with E-state index in [1.807, 2.05) is 25.1 Å². The lowest BCUT2D eigenvalue weighted by molar-refractivity contribution is 0.0939. The van der Waals surface area contributed by atoms with Crippen LogP contribution in [0.15, 0.2) is 57.7 Å². The van der Waals surface area contributed by atoms with Crippen molar-refractivity contribution in [3.8, 4) is 11.5 Å². The number of amides is 1. The second kappa shape index (κ2) is 7.04. The van der Waals surface area contributed by atoms with Crippen molar-refractivity contribution in [3.63, 3.8) is 0 Å². The molecule has 0 radical (unpaired) electrons. The highest BCUT2D eigenvalue weighted by atomic mass is 16.5. The molecule has 1 aromatic carbocycles. The highest BCUT2D eigenvalue weighted by Gasteiger charge is 2.24. The molecule has 6 heteroatoms. The van der Waals surface area contributed by atoms with Crippen LogP contribution in [0.4, 0.5) is 5.88 Å². The number of aryl methyl sites for hydroxylation is 1. The summed E-state index contributed by atoms with van der Waals surface area (Å²) in [7, 11) is 0. The third-order valence-electron chi connectivity index (χ3n) is 3.79. The van der Waals surface area contributed by atoms with Crippen LogP contribution in [0.2, 0.25) is 0 Å². The molecule has 24 heavy (non-hydrogen) atoms. The Bertz CT molecular complexity index is 794. The molecule has 2 heterocycles. The quantitative estimate of drug-likeness (QED) is 0.725. The van der Waals surface area contributed by atoms with Crippen molar-refractivity contribution in [2.75, 3.05) is 5.73 Å². The Hall–Kier alpha value is -3.02. The Morgan fingerprint density at radius 3 is 2.75 bits per heavy atom. The number of nitrogens with zero attached hydrogens (tertiary/aromatic N) is 1. The molecule has 0 saturated carbocycles. The molecule has 1 atom stereocenters. The third-order valence-corrected chi connectivity index (χ3v) is 3.79. The van der Waals surface area contributed by atoms with E-state index in [9.17, 15) is 4.79 Å². The Kier molecular flexibility index (Phi) is 4.65. The summed E-state index contributed by atoms with van der Waals surface area (Å²) in [6.07, 6.45) is 3.20. The maximum Gasteiger partial charge on any atom is 0.259 e. The van der Waals surface area contributed by atoms with E-state index < -0.39 is 0 Å². The number of carbonyl (C=O) groups is 1. The van der Waals surface area contributed by atoms with Crippen LogP contribution < -0.4 is 11.1 Å². The Balaban J connectivity index is 1.66. The molecule has 0 aliphatic rings. The fraction of sp³-hybridized carbons (Fsp3) is 0.222. The van der Waals surface area contributed by atoms with Crippen LogP contribution in [0.5, 0.6) is 0 Å². The largest absolute Gasteiger partial charge is 0.463 e. The fourth-order valence-electron chi connectivity index (χ4n) is 2.50. The molecule has 0 bridgehead atoms. The number of nitrogens with one attached hydrogen (secondary N) is 1. The molecule has 1 unspecified atom stereocenters. The number of nitrogens with two attached hydrogens (primary N) is 1. The molecule has 3 N–H and O–H groups in total. The normalized spacial score (nSPS) is 12.0. The molecule has 0 spiro atoms. The second-order valence-electron chi connectivity index (χ2n) is 5.65. The highest BCUT2D eigenvalue weighted by Crippen LogP contribution is 2.27. The molecule has 6 nitrogen and oxygen atoms in total. The van der Waals surface area contributed by atoms with Gasteiger partial charge in [-0.2, -0.15) is 0 Å². The highest BCUT2D eigenvalue weighted by molar-refractivity contribution is 6.03. The summed E-state index contributed by atoms with van der Waals surface area (Å²) in [6.45, 7) is 1.96. The summed E-state index contributed by atoms with van der Waals surface area (Å²) in [6, 6.07) is 13.5. The minimum absolute atomic E-state index is 0.0172. The van der Waals surface area contributed by atoms with Gasteiger partial charge in [0, 0.05) is 6.04 Å². The summed E-state index contributed by atoms with van der Waals surface area (Å²) < 4.78 is 10.2. The van der Waals surface area contributed by atoms with Gasteiger partial charge < -0.3 is 20.0 Å². The van der Waals surface area contributed by atoms with Crippen LogP contribution in [0, 0.1) is 0 Å². The van der Waals surface area contributed by atoms with Crippen molar-refractivity contribution in [1.29, 1.82) is 0 Å². The molecule has 2 aromatic heterocycles. The second-order valence-corrected chi connectivity index (χ2v) is 5.65. The molecule has 0 saturated heterocycles. The number of hydrogen-bond donors (Lipinski definition) is 2. The van der Waals surface area contributed by atoms with Crippen LogP contribution in [-0.4, -0.2) is 17.1 Å². The molecular weight excluding hydrogens is 306 g/mol. The number of hydrogen-bond acceptors (Lipinski definition) is 5. The van der Waals surface area contributed by atoms with E-state index in [0.717, 1.165) is 12.8 Å². The summed E-state index contributed by atoms with van der Waals surface area (Å²) >= 11 is 0. The van der Waals surface area contributed by atoms with Gasteiger partial charge in [0.1, 0.15) is 5.56 Å². The zero-order valence-electron chi connectivity index (χ0n) is 13.4. The van der Waals surface area contributed by atoms with Crippen LogP contribution in [0.1, 0.15) is 29.3 Å². The predicted octanol–water partition coefficient (Wildman–Crippen LogP) is 3.27. The van der Waals surface area contributed by atoms with Gasteiger partial charge in [-0.25, -0.2) is 0 Å². The molecule has 1 amide bonds. The first kappa shape index (κ1) is 15.9. The van der Waals surface area contributed by atoms with Crippen molar-refractivity contribution < 1.29 is 13.7 Å². The first-order chi connectivity index (χ1) is 11.6. The molecule has 3 rings (SSSR count). The van der Waals surface area contributed by atoms with Gasteiger partial charge in [-0.15, -0.1) is 0 Å². The average Bonchev–Trinajstić information content (AvgIpc) is 3.23. The lowest BCUT2D eigenvalue weighted by Crippen LogP contribution is -2.33. The Morgan fingerprint density at radius 1 is 1.25 bits per heavy atom. The van der Waals surface area contributed by atoms with Crippen molar-refractivity contribution in [2.24, 2.45) is 0 Å². The number of carbonyl (C=O) groups excluding carboxylic acids is 1. The number of rotatable bonds is 6. The molecule has 3 aromatic rings. The van der Waals surface area contributed by atoms with Gasteiger partial charge in [0.2, 0.25) is 5.88 Å². The van der Waals surface area contributed by atoms with E-state index in [4.69, 9.17) is 14.7 Å². The SMILES string of the molecule is CC(CCc1ccccc1)NC(=O)c1c(-c2ccco2)noc1N. The van der Waals surface area contributed by atoms with Crippen molar-refractivity contribution in [2.45, 2.75) is 25.8 Å². The first-order valence-electron chi connectivity index (χ1n) is 7.79. The van der Waals surface area contributed by atoms with Crippen LogP contribution in [-0.2, 0) is 6.42 Å². The van der Waals surface area contributed by atoms with Crippen molar-refractivity contribution in [1.82, 2.24) is 10.5 Å². The van der Waals surface area contributed by atoms with E-state index in [1.54, 1.807) is 12.1 Å². The monoisotopic (exact) mass is 325 g/mol. The number of nitrogen functional groups attached to an aromatic ring is 1. The van der Waals surface area contributed by atoms with E-state index >= 15 is 0 Å². The van der Waals surface area contributed by atoms with Gasteiger partial charge in [0.05, 0.1) is 6.26 Å². The van der Waals surface area contributed by atoms with Crippen LogP contribution in [0.25, 0.3) is 11.5 Å². The van der Waals surface area contributed by atoms with E-state index in [0.29, 0.717) is 11.5 Å². The topological polar surface area (TPSA) is 94.3 Å². The van der Waals surface area contributed by atoms with Crippen LogP contribution in [0.3, 0.4) is 0 Å². The van der Waals surface area contributed by atoms with Gasteiger partial charge in [-0.3, -0.25) is 4.79 Å².